The van der Waals surface area contributed by atoms with E-state index in [1.165, 1.54) is 5.69 Å². The van der Waals surface area contributed by atoms with Crippen LogP contribution in [0, 0.1) is 0 Å². The van der Waals surface area contributed by atoms with Crippen LogP contribution in [0.1, 0.15) is 52.7 Å². The zero-order valence-electron chi connectivity index (χ0n) is 19.5. The quantitative estimate of drug-likeness (QED) is 0.357. The molecule has 1 unspecified atom stereocenters. The third-order valence-electron chi connectivity index (χ3n) is 6.76. The first kappa shape index (κ1) is 24.7. The van der Waals surface area contributed by atoms with Crippen LogP contribution < -0.4 is 0 Å². The lowest BCUT2D eigenvalue weighted by Crippen LogP contribution is -2.36. The molecule has 1 fully saturated rings. The first-order chi connectivity index (χ1) is 16.5. The highest BCUT2D eigenvalue weighted by Gasteiger charge is 2.24. The summed E-state index contributed by atoms with van der Waals surface area (Å²) in [6.07, 6.45) is 5.08. The maximum absolute atomic E-state index is 13.0. The fourth-order valence-electron chi connectivity index (χ4n) is 4.75. The largest absolute Gasteiger partial charge is 0.341 e. The van der Waals surface area contributed by atoms with Crippen LogP contribution in [0.15, 0.2) is 72.9 Å². The molecule has 4 rings (SSSR count). The second-order valence-electron chi connectivity index (χ2n) is 9.08. The predicted molar refractivity (Wildman–Crippen MR) is 140 cm³/mol. The van der Waals surface area contributed by atoms with Gasteiger partial charge in [0.1, 0.15) is 0 Å². The Morgan fingerprint density at radius 2 is 1.76 bits per heavy atom. The Morgan fingerprint density at radius 3 is 2.44 bits per heavy atom. The second-order valence-corrected chi connectivity index (χ2v) is 9.90. The number of carbonyl (C=O) groups is 1. The molecule has 0 radical (unpaired) electrons. The van der Waals surface area contributed by atoms with Gasteiger partial charge in [-0.2, -0.15) is 0 Å². The van der Waals surface area contributed by atoms with Crippen molar-refractivity contribution in [3.05, 3.63) is 99.8 Å². The van der Waals surface area contributed by atoms with Crippen molar-refractivity contribution in [2.24, 2.45) is 0 Å². The molecule has 1 saturated heterocycles. The van der Waals surface area contributed by atoms with Crippen molar-refractivity contribution in [1.29, 1.82) is 0 Å². The number of piperidine rings is 1. The van der Waals surface area contributed by atoms with Crippen molar-refractivity contribution in [2.75, 3.05) is 33.2 Å². The molecule has 178 valence electrons. The highest BCUT2D eigenvalue weighted by atomic mass is 35.5. The number of amides is 1. The number of pyridine rings is 1. The zero-order chi connectivity index (χ0) is 23.9. The molecule has 1 aromatic heterocycles. The fourth-order valence-corrected chi connectivity index (χ4v) is 5.06. The Morgan fingerprint density at radius 1 is 1.03 bits per heavy atom. The topological polar surface area (TPSA) is 36.4 Å². The van der Waals surface area contributed by atoms with Gasteiger partial charge in [-0.25, -0.2) is 0 Å². The number of likely N-dealkylation sites (tertiary alicyclic amines) is 1. The lowest BCUT2D eigenvalue weighted by molar-refractivity contribution is 0.0781. The highest BCUT2D eigenvalue weighted by molar-refractivity contribution is 6.42. The minimum absolute atomic E-state index is 0.0295. The Hall–Kier alpha value is -2.40. The van der Waals surface area contributed by atoms with Crippen LogP contribution in [-0.2, 0) is 0 Å². The van der Waals surface area contributed by atoms with E-state index in [9.17, 15) is 4.79 Å². The number of hydrogen-bond donors (Lipinski definition) is 0. The summed E-state index contributed by atoms with van der Waals surface area (Å²) >= 11 is 12.5. The van der Waals surface area contributed by atoms with Gasteiger partial charge in [0.05, 0.1) is 10.0 Å². The molecule has 1 aliphatic heterocycles. The number of halogens is 2. The normalized spacial score (nSPS) is 15.7. The first-order valence-corrected chi connectivity index (χ1v) is 12.7. The van der Waals surface area contributed by atoms with Crippen LogP contribution >= 0.6 is 23.2 Å². The maximum Gasteiger partial charge on any atom is 0.253 e. The number of hydrogen-bond acceptors (Lipinski definition) is 3. The molecule has 4 nitrogen and oxygen atoms in total. The number of nitrogens with zero attached hydrogens (tertiary/aromatic N) is 3. The van der Waals surface area contributed by atoms with Gasteiger partial charge in [0.25, 0.3) is 5.91 Å². The Kier molecular flexibility index (Phi) is 8.60. The van der Waals surface area contributed by atoms with E-state index in [-0.39, 0.29) is 11.8 Å². The van der Waals surface area contributed by atoms with E-state index in [1.807, 2.05) is 72.7 Å². The highest BCUT2D eigenvalue weighted by Crippen LogP contribution is 2.31. The molecule has 3 aromatic rings. The van der Waals surface area contributed by atoms with Crippen LogP contribution in [0.2, 0.25) is 10.0 Å². The molecule has 0 spiro atoms. The maximum atomic E-state index is 13.0. The number of benzene rings is 2. The van der Waals surface area contributed by atoms with E-state index < -0.39 is 0 Å². The van der Waals surface area contributed by atoms with Gasteiger partial charge in [-0.1, -0.05) is 53.5 Å². The predicted octanol–water partition coefficient (Wildman–Crippen LogP) is 6.51. The minimum atomic E-state index is 0.0295. The number of carbonyl (C=O) groups excluding carboxylic acids is 1. The lowest BCUT2D eigenvalue weighted by Gasteiger charge is -2.33. The Balaban J connectivity index is 1.40. The summed E-state index contributed by atoms with van der Waals surface area (Å²) in [5.41, 5.74) is 3.02. The smallest absolute Gasteiger partial charge is 0.253 e. The van der Waals surface area contributed by atoms with Gasteiger partial charge in [0.2, 0.25) is 0 Å². The van der Waals surface area contributed by atoms with Gasteiger partial charge in [-0.15, -0.1) is 0 Å². The summed E-state index contributed by atoms with van der Waals surface area (Å²) in [7, 11) is 1.87. The van der Waals surface area contributed by atoms with Crippen LogP contribution in [0.5, 0.6) is 0 Å². The molecule has 0 bridgehead atoms. The molecule has 0 N–H and O–H groups in total. The third kappa shape index (κ3) is 6.38. The van der Waals surface area contributed by atoms with E-state index in [0.29, 0.717) is 28.1 Å². The summed E-state index contributed by atoms with van der Waals surface area (Å²) in [6.45, 7) is 3.73. The van der Waals surface area contributed by atoms with Crippen molar-refractivity contribution in [3.63, 3.8) is 0 Å². The minimum Gasteiger partial charge on any atom is -0.341 e. The van der Waals surface area contributed by atoms with Gasteiger partial charge in [0.15, 0.2) is 0 Å². The molecular weight excluding hydrogens is 465 g/mol. The molecule has 2 heterocycles. The lowest BCUT2D eigenvalue weighted by atomic mass is 9.91. The van der Waals surface area contributed by atoms with Crippen LogP contribution in [0.4, 0.5) is 0 Å². The second kappa shape index (κ2) is 11.8. The SMILES string of the molecule is CN(CC(CCN1CCC(c2ccccn2)CC1)c1ccc(Cl)c(Cl)c1)C(=O)c1ccccc1. The van der Waals surface area contributed by atoms with E-state index in [1.54, 1.807) is 0 Å². The number of rotatable bonds is 8. The standard InChI is InChI=1S/C28H31Cl2N3O/c1-32(28(34)22-7-3-2-4-8-22)20-24(23-10-11-25(29)26(30)19-23)14-18-33-16-12-21(13-17-33)27-9-5-6-15-31-27/h2-11,15,19,21,24H,12-14,16-18,20H2,1H3. The van der Waals surface area contributed by atoms with Crippen molar-refractivity contribution in [1.82, 2.24) is 14.8 Å². The van der Waals surface area contributed by atoms with Crippen molar-refractivity contribution in [2.45, 2.75) is 31.1 Å². The Labute approximate surface area is 212 Å². The molecule has 1 amide bonds. The first-order valence-electron chi connectivity index (χ1n) is 11.9. The Bertz CT molecular complexity index is 1070. The van der Waals surface area contributed by atoms with Crippen LogP contribution in [-0.4, -0.2) is 53.9 Å². The zero-order valence-corrected chi connectivity index (χ0v) is 21.1. The summed E-state index contributed by atoms with van der Waals surface area (Å²) < 4.78 is 0. The third-order valence-corrected chi connectivity index (χ3v) is 7.50. The van der Waals surface area contributed by atoms with E-state index in [2.05, 4.69) is 22.0 Å². The van der Waals surface area contributed by atoms with Crippen molar-refractivity contribution in [3.8, 4) is 0 Å². The molecule has 6 heteroatoms. The molecule has 0 saturated carbocycles. The average molecular weight is 496 g/mol. The van der Waals surface area contributed by atoms with E-state index in [0.717, 1.165) is 44.5 Å². The summed E-state index contributed by atoms with van der Waals surface area (Å²) in [5.74, 6) is 0.737. The van der Waals surface area contributed by atoms with Gasteiger partial charge < -0.3 is 9.80 Å². The average Bonchev–Trinajstić information content (AvgIpc) is 2.89. The van der Waals surface area contributed by atoms with Gasteiger partial charge in [-0.05, 0) is 80.9 Å². The molecule has 2 aromatic carbocycles. The summed E-state index contributed by atoms with van der Waals surface area (Å²) in [6, 6.07) is 21.5. The molecule has 1 aliphatic rings. The molecule has 0 aliphatic carbocycles. The monoisotopic (exact) mass is 495 g/mol. The van der Waals surface area contributed by atoms with Crippen molar-refractivity contribution >= 4 is 29.1 Å². The molecule has 1 atom stereocenters. The fraction of sp³-hybridized carbons (Fsp3) is 0.357. The van der Waals surface area contributed by atoms with Crippen LogP contribution in [0.3, 0.4) is 0 Å². The van der Waals surface area contributed by atoms with E-state index in [4.69, 9.17) is 23.2 Å². The van der Waals surface area contributed by atoms with Gasteiger partial charge in [0, 0.05) is 42.9 Å². The number of likely N-dealkylation sites (N-methyl/N-ethyl adjacent to an activating group) is 1. The van der Waals surface area contributed by atoms with Crippen LogP contribution in [0.25, 0.3) is 0 Å². The summed E-state index contributed by atoms with van der Waals surface area (Å²) in [4.78, 5) is 21.9. The molecule has 34 heavy (non-hydrogen) atoms. The van der Waals surface area contributed by atoms with Gasteiger partial charge in [-0.3, -0.25) is 9.78 Å². The summed E-state index contributed by atoms with van der Waals surface area (Å²) in [5, 5.41) is 1.10. The van der Waals surface area contributed by atoms with Gasteiger partial charge >= 0.3 is 0 Å². The molecular formula is C28H31Cl2N3O. The number of aromatic nitrogens is 1. The van der Waals surface area contributed by atoms with E-state index >= 15 is 0 Å². The van der Waals surface area contributed by atoms with Crippen molar-refractivity contribution < 1.29 is 4.79 Å².